The van der Waals surface area contributed by atoms with E-state index >= 15 is 0 Å². The van der Waals surface area contributed by atoms with Crippen molar-refractivity contribution in [2.75, 3.05) is 33.3 Å². The molecule has 1 aromatic carbocycles. The molecule has 1 saturated heterocycles. The summed E-state index contributed by atoms with van der Waals surface area (Å²) in [6.07, 6.45) is 0.908. The standard InChI is InChI=1S/C13H17ClO3/c1-15-11-5-10(6-12(7-11)16-2)13(3-4-14)8-17-9-13/h5-7H,3-4,8-9H2,1-2H3. The summed E-state index contributed by atoms with van der Waals surface area (Å²) in [5.41, 5.74) is 1.21. The van der Waals surface area contributed by atoms with Gasteiger partial charge in [0, 0.05) is 17.4 Å². The Bertz CT molecular complexity index is 366. The van der Waals surface area contributed by atoms with Crippen LogP contribution >= 0.6 is 11.6 Å². The minimum Gasteiger partial charge on any atom is -0.497 e. The van der Waals surface area contributed by atoms with E-state index in [-0.39, 0.29) is 5.41 Å². The van der Waals surface area contributed by atoms with Gasteiger partial charge in [-0.1, -0.05) is 0 Å². The van der Waals surface area contributed by atoms with Crippen LogP contribution in [-0.2, 0) is 10.2 Å². The number of rotatable bonds is 5. The van der Waals surface area contributed by atoms with Gasteiger partial charge in [0.25, 0.3) is 0 Å². The van der Waals surface area contributed by atoms with Gasteiger partial charge in [-0.05, 0) is 24.1 Å². The molecule has 0 bridgehead atoms. The molecular formula is C13H17ClO3. The van der Waals surface area contributed by atoms with Crippen molar-refractivity contribution in [1.82, 2.24) is 0 Å². The summed E-state index contributed by atoms with van der Waals surface area (Å²) < 4.78 is 15.9. The maximum atomic E-state index is 5.88. The molecule has 3 nitrogen and oxygen atoms in total. The largest absolute Gasteiger partial charge is 0.497 e. The molecule has 0 aliphatic carbocycles. The minimum atomic E-state index is 0.0313. The van der Waals surface area contributed by atoms with Crippen LogP contribution in [0.3, 0.4) is 0 Å². The zero-order valence-electron chi connectivity index (χ0n) is 10.2. The second-order valence-corrected chi connectivity index (χ2v) is 4.69. The minimum absolute atomic E-state index is 0.0313. The zero-order chi connectivity index (χ0) is 12.3. The van der Waals surface area contributed by atoms with E-state index in [0.717, 1.165) is 31.1 Å². The Hall–Kier alpha value is -0.930. The van der Waals surface area contributed by atoms with Crippen LogP contribution in [0.1, 0.15) is 12.0 Å². The van der Waals surface area contributed by atoms with Gasteiger partial charge in [0.2, 0.25) is 0 Å². The van der Waals surface area contributed by atoms with Crippen molar-refractivity contribution in [2.24, 2.45) is 0 Å². The molecule has 0 unspecified atom stereocenters. The molecule has 2 rings (SSSR count). The van der Waals surface area contributed by atoms with E-state index in [2.05, 4.69) is 0 Å². The lowest BCUT2D eigenvalue weighted by atomic mass is 9.76. The van der Waals surface area contributed by atoms with Gasteiger partial charge in [0.1, 0.15) is 11.5 Å². The highest BCUT2D eigenvalue weighted by atomic mass is 35.5. The van der Waals surface area contributed by atoms with Gasteiger partial charge in [0.05, 0.1) is 27.4 Å². The third-order valence-corrected chi connectivity index (χ3v) is 3.48. The molecule has 1 aromatic rings. The lowest BCUT2D eigenvalue weighted by Gasteiger charge is -2.42. The molecule has 94 valence electrons. The average Bonchev–Trinajstić information content (AvgIpc) is 2.33. The molecule has 0 spiro atoms. The molecule has 0 saturated carbocycles. The summed E-state index contributed by atoms with van der Waals surface area (Å²) in [7, 11) is 3.31. The topological polar surface area (TPSA) is 27.7 Å². The van der Waals surface area contributed by atoms with Gasteiger partial charge in [-0.2, -0.15) is 0 Å². The second-order valence-electron chi connectivity index (χ2n) is 4.31. The Kier molecular flexibility index (Phi) is 3.79. The van der Waals surface area contributed by atoms with Crippen molar-refractivity contribution in [3.63, 3.8) is 0 Å². The summed E-state index contributed by atoms with van der Waals surface area (Å²) in [6, 6.07) is 5.95. The van der Waals surface area contributed by atoms with E-state index in [0.29, 0.717) is 5.88 Å². The van der Waals surface area contributed by atoms with Crippen molar-refractivity contribution < 1.29 is 14.2 Å². The summed E-state index contributed by atoms with van der Waals surface area (Å²) in [5.74, 6) is 2.24. The first-order valence-electron chi connectivity index (χ1n) is 5.61. The quantitative estimate of drug-likeness (QED) is 0.758. The Labute approximate surface area is 107 Å². The molecular weight excluding hydrogens is 240 g/mol. The Morgan fingerprint density at radius 1 is 1.18 bits per heavy atom. The molecule has 0 amide bonds. The molecule has 1 heterocycles. The number of hydrogen-bond donors (Lipinski definition) is 0. The molecule has 0 N–H and O–H groups in total. The first kappa shape index (κ1) is 12.5. The van der Waals surface area contributed by atoms with Crippen molar-refractivity contribution in [3.05, 3.63) is 23.8 Å². The van der Waals surface area contributed by atoms with Crippen molar-refractivity contribution in [2.45, 2.75) is 11.8 Å². The highest BCUT2D eigenvalue weighted by molar-refractivity contribution is 6.17. The third-order valence-electron chi connectivity index (χ3n) is 3.29. The van der Waals surface area contributed by atoms with Gasteiger partial charge in [-0.25, -0.2) is 0 Å². The lowest BCUT2D eigenvalue weighted by Crippen LogP contribution is -2.47. The van der Waals surface area contributed by atoms with E-state index in [1.165, 1.54) is 5.56 Å². The Balaban J connectivity index is 2.35. The van der Waals surface area contributed by atoms with Gasteiger partial charge < -0.3 is 14.2 Å². The second kappa shape index (κ2) is 5.15. The van der Waals surface area contributed by atoms with Crippen LogP contribution in [0.2, 0.25) is 0 Å². The first-order chi connectivity index (χ1) is 8.24. The fourth-order valence-corrected chi connectivity index (χ4v) is 2.46. The van der Waals surface area contributed by atoms with Gasteiger partial charge >= 0.3 is 0 Å². The van der Waals surface area contributed by atoms with Crippen LogP contribution in [0.25, 0.3) is 0 Å². The fraction of sp³-hybridized carbons (Fsp3) is 0.538. The highest BCUT2D eigenvalue weighted by Crippen LogP contribution is 2.39. The van der Waals surface area contributed by atoms with Gasteiger partial charge in [0.15, 0.2) is 0 Å². The predicted molar refractivity (Wildman–Crippen MR) is 67.4 cm³/mol. The molecule has 1 aliphatic heterocycles. The predicted octanol–water partition coefficient (Wildman–Crippen LogP) is 2.60. The van der Waals surface area contributed by atoms with Crippen LogP contribution in [0.5, 0.6) is 11.5 Å². The van der Waals surface area contributed by atoms with Gasteiger partial charge in [-0.15, -0.1) is 11.6 Å². The van der Waals surface area contributed by atoms with Crippen molar-refractivity contribution >= 4 is 11.6 Å². The zero-order valence-corrected chi connectivity index (χ0v) is 10.9. The van der Waals surface area contributed by atoms with Crippen LogP contribution < -0.4 is 9.47 Å². The lowest BCUT2D eigenvalue weighted by molar-refractivity contribution is -0.0617. The molecule has 4 heteroatoms. The number of hydrogen-bond acceptors (Lipinski definition) is 3. The number of methoxy groups -OCH3 is 2. The number of alkyl halides is 1. The summed E-state index contributed by atoms with van der Waals surface area (Å²) >= 11 is 5.88. The van der Waals surface area contributed by atoms with Gasteiger partial charge in [-0.3, -0.25) is 0 Å². The van der Waals surface area contributed by atoms with E-state index in [4.69, 9.17) is 25.8 Å². The van der Waals surface area contributed by atoms with Crippen LogP contribution in [0, 0.1) is 0 Å². The maximum absolute atomic E-state index is 5.88. The summed E-state index contributed by atoms with van der Waals surface area (Å²) in [5, 5.41) is 0. The average molecular weight is 257 g/mol. The Morgan fingerprint density at radius 2 is 1.76 bits per heavy atom. The number of halogens is 1. The fourth-order valence-electron chi connectivity index (χ4n) is 2.10. The first-order valence-corrected chi connectivity index (χ1v) is 6.15. The van der Waals surface area contributed by atoms with Crippen molar-refractivity contribution in [1.29, 1.82) is 0 Å². The third kappa shape index (κ3) is 2.35. The van der Waals surface area contributed by atoms with Crippen molar-refractivity contribution in [3.8, 4) is 11.5 Å². The Morgan fingerprint density at radius 3 is 2.12 bits per heavy atom. The van der Waals surface area contributed by atoms with E-state index < -0.39 is 0 Å². The number of ether oxygens (including phenoxy) is 3. The molecule has 0 aromatic heterocycles. The summed E-state index contributed by atoms with van der Waals surface area (Å²) in [6.45, 7) is 1.44. The smallest absolute Gasteiger partial charge is 0.122 e. The molecule has 0 atom stereocenters. The van der Waals surface area contributed by atoms with E-state index in [1.807, 2.05) is 18.2 Å². The van der Waals surface area contributed by atoms with Crippen LogP contribution in [0.15, 0.2) is 18.2 Å². The number of benzene rings is 1. The SMILES string of the molecule is COc1cc(OC)cc(C2(CCCl)COC2)c1. The molecule has 1 aliphatic rings. The maximum Gasteiger partial charge on any atom is 0.122 e. The molecule has 1 fully saturated rings. The summed E-state index contributed by atoms with van der Waals surface area (Å²) in [4.78, 5) is 0. The highest BCUT2D eigenvalue weighted by Gasteiger charge is 2.40. The van der Waals surface area contributed by atoms with Crippen LogP contribution in [0.4, 0.5) is 0 Å². The molecule has 0 radical (unpaired) electrons. The monoisotopic (exact) mass is 256 g/mol. The molecule has 17 heavy (non-hydrogen) atoms. The normalized spacial score (nSPS) is 17.4. The van der Waals surface area contributed by atoms with E-state index in [1.54, 1.807) is 14.2 Å². The van der Waals surface area contributed by atoms with Crippen LogP contribution in [-0.4, -0.2) is 33.3 Å². The van der Waals surface area contributed by atoms with E-state index in [9.17, 15) is 0 Å².